The smallest absolute Gasteiger partial charge is 0.236 e. The van der Waals surface area contributed by atoms with Crippen LogP contribution in [0.4, 0.5) is 0 Å². The number of hydrogen-bond acceptors (Lipinski definition) is 2. The zero-order valence-electron chi connectivity index (χ0n) is 13.2. The number of nitriles is 1. The van der Waals surface area contributed by atoms with Crippen LogP contribution in [-0.2, 0) is 10.2 Å². The minimum atomic E-state index is -0.0287. The molecule has 112 valence electrons. The molecular weight excluding hydrogens is 260 g/mol. The van der Waals surface area contributed by atoms with Gasteiger partial charge in [-0.15, -0.1) is 0 Å². The fourth-order valence-electron chi connectivity index (χ4n) is 2.90. The summed E-state index contributed by atoms with van der Waals surface area (Å²) in [4.78, 5) is 13.5. The second-order valence-electron chi connectivity index (χ2n) is 6.86. The zero-order valence-corrected chi connectivity index (χ0v) is 13.2. The Balaban J connectivity index is 1.97. The van der Waals surface area contributed by atoms with E-state index in [-0.39, 0.29) is 17.7 Å². The Labute approximate surface area is 127 Å². The lowest BCUT2D eigenvalue weighted by Crippen LogP contribution is -2.37. The van der Waals surface area contributed by atoms with Crippen LogP contribution in [0.3, 0.4) is 0 Å². The molecule has 1 aliphatic heterocycles. The third-order valence-electron chi connectivity index (χ3n) is 4.33. The fraction of sp³-hybridized carbons (Fsp3) is 0.556. The van der Waals surface area contributed by atoms with Crippen molar-refractivity contribution in [1.82, 2.24) is 4.90 Å². The topological polar surface area (TPSA) is 44.1 Å². The minimum absolute atomic E-state index is 0.00491. The van der Waals surface area contributed by atoms with Crippen molar-refractivity contribution in [2.75, 3.05) is 13.1 Å². The molecule has 3 nitrogen and oxygen atoms in total. The van der Waals surface area contributed by atoms with Gasteiger partial charge in [-0.05, 0) is 35.3 Å². The second kappa shape index (κ2) is 6.30. The Morgan fingerprint density at radius 1 is 1.24 bits per heavy atom. The molecule has 1 amide bonds. The van der Waals surface area contributed by atoms with Crippen molar-refractivity contribution in [3.8, 4) is 6.07 Å². The first-order chi connectivity index (χ1) is 9.91. The Hall–Kier alpha value is -1.82. The van der Waals surface area contributed by atoms with E-state index in [2.05, 4.69) is 45.0 Å². The molecule has 1 fully saturated rings. The number of likely N-dealkylation sites (tertiary alicyclic amines) is 1. The molecule has 2 rings (SSSR count). The first-order valence-electron chi connectivity index (χ1n) is 7.67. The van der Waals surface area contributed by atoms with Gasteiger partial charge in [0.15, 0.2) is 0 Å². The van der Waals surface area contributed by atoms with E-state index in [1.165, 1.54) is 11.1 Å². The van der Waals surface area contributed by atoms with Crippen LogP contribution < -0.4 is 0 Å². The molecule has 1 heterocycles. The standard InChI is InChI=1S/C18H24N2O/c1-18(2,3)16-6-4-14(5-7-16)15-9-12-20(13-10-15)17(21)8-11-19/h4-7,15H,8-10,12-13H2,1-3H3. The number of amides is 1. The Bertz CT molecular complexity index is 526. The van der Waals surface area contributed by atoms with Gasteiger partial charge in [0, 0.05) is 13.1 Å². The van der Waals surface area contributed by atoms with Crippen LogP contribution in [0.5, 0.6) is 0 Å². The summed E-state index contributed by atoms with van der Waals surface area (Å²) in [6.07, 6.45) is 1.99. The first-order valence-corrected chi connectivity index (χ1v) is 7.67. The Morgan fingerprint density at radius 2 is 1.81 bits per heavy atom. The average Bonchev–Trinajstić information content (AvgIpc) is 2.47. The number of hydrogen-bond donors (Lipinski definition) is 0. The van der Waals surface area contributed by atoms with Gasteiger partial charge in [0.05, 0.1) is 6.07 Å². The molecule has 0 bridgehead atoms. The van der Waals surface area contributed by atoms with Crippen molar-refractivity contribution in [2.24, 2.45) is 0 Å². The molecule has 0 N–H and O–H groups in total. The quantitative estimate of drug-likeness (QED) is 0.832. The Kier molecular flexibility index (Phi) is 4.67. The normalized spacial score (nSPS) is 16.6. The number of benzene rings is 1. The van der Waals surface area contributed by atoms with Crippen LogP contribution in [0.2, 0.25) is 0 Å². The zero-order chi connectivity index (χ0) is 15.5. The number of carbonyl (C=O) groups is 1. The van der Waals surface area contributed by atoms with Crippen LogP contribution in [0.25, 0.3) is 0 Å². The maximum atomic E-state index is 11.7. The molecule has 1 saturated heterocycles. The van der Waals surface area contributed by atoms with Gasteiger partial charge in [0.1, 0.15) is 6.42 Å². The summed E-state index contributed by atoms with van der Waals surface area (Å²) in [6, 6.07) is 10.9. The number of rotatable bonds is 2. The molecule has 21 heavy (non-hydrogen) atoms. The van der Waals surface area contributed by atoms with Crippen LogP contribution in [0.15, 0.2) is 24.3 Å². The summed E-state index contributed by atoms with van der Waals surface area (Å²) in [5.41, 5.74) is 2.91. The highest BCUT2D eigenvalue weighted by Crippen LogP contribution is 2.30. The van der Waals surface area contributed by atoms with Crippen molar-refractivity contribution in [2.45, 2.75) is 51.4 Å². The van der Waals surface area contributed by atoms with E-state index < -0.39 is 0 Å². The molecule has 1 aromatic rings. The largest absolute Gasteiger partial charge is 0.342 e. The maximum absolute atomic E-state index is 11.7. The lowest BCUT2D eigenvalue weighted by Gasteiger charge is -2.32. The predicted molar refractivity (Wildman–Crippen MR) is 83.9 cm³/mol. The van der Waals surface area contributed by atoms with Gasteiger partial charge in [-0.2, -0.15) is 5.26 Å². The van der Waals surface area contributed by atoms with Gasteiger partial charge < -0.3 is 4.90 Å². The van der Waals surface area contributed by atoms with Gasteiger partial charge in [-0.3, -0.25) is 4.79 Å². The molecule has 3 heteroatoms. The first kappa shape index (κ1) is 15.6. The minimum Gasteiger partial charge on any atom is -0.342 e. The molecule has 0 saturated carbocycles. The summed E-state index contributed by atoms with van der Waals surface area (Å²) in [6.45, 7) is 8.21. The highest BCUT2D eigenvalue weighted by atomic mass is 16.2. The van der Waals surface area contributed by atoms with Crippen LogP contribution in [-0.4, -0.2) is 23.9 Å². The second-order valence-corrected chi connectivity index (χ2v) is 6.86. The summed E-state index contributed by atoms with van der Waals surface area (Å²) < 4.78 is 0. The number of carbonyl (C=O) groups excluding carboxylic acids is 1. The van der Waals surface area contributed by atoms with Gasteiger partial charge in [-0.1, -0.05) is 45.0 Å². The Morgan fingerprint density at radius 3 is 2.29 bits per heavy atom. The van der Waals surface area contributed by atoms with Crippen molar-refractivity contribution in [1.29, 1.82) is 5.26 Å². The predicted octanol–water partition coefficient (Wildman–Crippen LogP) is 3.60. The molecule has 0 radical (unpaired) electrons. The number of piperidine rings is 1. The summed E-state index contributed by atoms with van der Waals surface area (Å²) in [7, 11) is 0. The molecule has 0 unspecified atom stereocenters. The third-order valence-corrected chi connectivity index (χ3v) is 4.33. The van der Waals surface area contributed by atoms with E-state index >= 15 is 0 Å². The lowest BCUT2D eigenvalue weighted by molar-refractivity contribution is -0.131. The lowest BCUT2D eigenvalue weighted by atomic mass is 9.84. The van der Waals surface area contributed by atoms with Crippen molar-refractivity contribution >= 4 is 5.91 Å². The summed E-state index contributed by atoms with van der Waals surface area (Å²) in [5, 5.41) is 8.59. The molecule has 0 aromatic heterocycles. The van der Waals surface area contributed by atoms with E-state index in [0.717, 1.165) is 25.9 Å². The third kappa shape index (κ3) is 3.85. The van der Waals surface area contributed by atoms with E-state index in [1.54, 1.807) is 0 Å². The van der Waals surface area contributed by atoms with Crippen LogP contribution in [0, 0.1) is 11.3 Å². The molecule has 1 aliphatic rings. The van der Waals surface area contributed by atoms with Crippen molar-refractivity contribution < 1.29 is 4.79 Å². The van der Waals surface area contributed by atoms with Crippen molar-refractivity contribution in [3.05, 3.63) is 35.4 Å². The number of nitrogens with zero attached hydrogens (tertiary/aromatic N) is 2. The van der Waals surface area contributed by atoms with Gasteiger partial charge in [0.2, 0.25) is 5.91 Å². The van der Waals surface area contributed by atoms with E-state index in [0.29, 0.717) is 5.92 Å². The summed E-state index contributed by atoms with van der Waals surface area (Å²) in [5.74, 6) is 0.504. The van der Waals surface area contributed by atoms with E-state index in [4.69, 9.17) is 5.26 Å². The monoisotopic (exact) mass is 284 g/mol. The maximum Gasteiger partial charge on any atom is 0.236 e. The molecule has 0 spiro atoms. The molecule has 0 aliphatic carbocycles. The van der Waals surface area contributed by atoms with Gasteiger partial charge in [0.25, 0.3) is 0 Å². The molecule has 1 aromatic carbocycles. The van der Waals surface area contributed by atoms with Crippen molar-refractivity contribution in [3.63, 3.8) is 0 Å². The summed E-state index contributed by atoms with van der Waals surface area (Å²) >= 11 is 0. The van der Waals surface area contributed by atoms with Crippen LogP contribution in [0.1, 0.15) is 57.1 Å². The SMILES string of the molecule is CC(C)(C)c1ccc(C2CCN(C(=O)CC#N)CC2)cc1. The van der Waals surface area contributed by atoms with E-state index in [1.807, 2.05) is 11.0 Å². The van der Waals surface area contributed by atoms with Gasteiger partial charge in [-0.25, -0.2) is 0 Å². The van der Waals surface area contributed by atoms with Gasteiger partial charge >= 0.3 is 0 Å². The van der Waals surface area contributed by atoms with E-state index in [9.17, 15) is 4.79 Å². The van der Waals surface area contributed by atoms with Crippen LogP contribution >= 0.6 is 0 Å². The highest BCUT2D eigenvalue weighted by molar-refractivity contribution is 5.78. The molecular formula is C18H24N2O. The molecule has 0 atom stereocenters. The average molecular weight is 284 g/mol. The fourth-order valence-corrected chi connectivity index (χ4v) is 2.90. The highest BCUT2D eigenvalue weighted by Gasteiger charge is 2.23.